The summed E-state index contributed by atoms with van der Waals surface area (Å²) in [5, 5.41) is 3.39. The first-order valence-electron chi connectivity index (χ1n) is 6.64. The van der Waals surface area contributed by atoms with E-state index >= 15 is 0 Å². The van der Waals surface area contributed by atoms with E-state index in [0.717, 1.165) is 0 Å². The third kappa shape index (κ3) is 3.77. The molecule has 0 heterocycles. The fraction of sp³-hybridized carbons (Fsp3) is 0.250. The number of halogens is 4. The van der Waals surface area contributed by atoms with Crippen LogP contribution in [0, 0.1) is 17.5 Å². The van der Waals surface area contributed by atoms with Crippen molar-refractivity contribution in [2.75, 3.05) is 6.54 Å². The van der Waals surface area contributed by atoms with Crippen molar-refractivity contribution in [1.82, 2.24) is 5.32 Å². The molecule has 0 spiro atoms. The van der Waals surface area contributed by atoms with Crippen molar-refractivity contribution >= 4 is 11.6 Å². The van der Waals surface area contributed by atoms with Gasteiger partial charge in [-0.25, -0.2) is 13.2 Å². The molecule has 0 saturated heterocycles. The molecular formula is C16H15ClF3N. The average Bonchev–Trinajstić information content (AvgIpc) is 2.43. The Morgan fingerprint density at radius 2 is 1.76 bits per heavy atom. The lowest BCUT2D eigenvalue weighted by atomic mass is 9.97. The van der Waals surface area contributed by atoms with Crippen LogP contribution in [0.2, 0.25) is 5.02 Å². The summed E-state index contributed by atoms with van der Waals surface area (Å²) < 4.78 is 41.2. The van der Waals surface area contributed by atoms with Crippen molar-refractivity contribution in [3.05, 3.63) is 70.0 Å². The summed E-state index contributed by atoms with van der Waals surface area (Å²) in [5.41, 5.74) is 0.449. The molecule has 0 aliphatic heterocycles. The van der Waals surface area contributed by atoms with E-state index in [1.54, 1.807) is 0 Å². The van der Waals surface area contributed by atoms with E-state index in [2.05, 4.69) is 5.32 Å². The SMILES string of the molecule is CCNC(Cc1cc(F)ccc1Cl)c1c(F)cccc1F. The van der Waals surface area contributed by atoms with Gasteiger partial charge in [-0.05, 0) is 48.9 Å². The number of hydrogen-bond donors (Lipinski definition) is 1. The molecule has 0 fully saturated rings. The maximum atomic E-state index is 13.9. The van der Waals surface area contributed by atoms with Crippen LogP contribution in [0.1, 0.15) is 24.1 Å². The highest BCUT2D eigenvalue weighted by Crippen LogP contribution is 2.27. The topological polar surface area (TPSA) is 12.0 Å². The number of rotatable bonds is 5. The summed E-state index contributed by atoms with van der Waals surface area (Å²) in [6.45, 7) is 2.35. The van der Waals surface area contributed by atoms with E-state index in [-0.39, 0.29) is 12.0 Å². The minimum Gasteiger partial charge on any atom is -0.310 e. The Labute approximate surface area is 126 Å². The maximum Gasteiger partial charge on any atom is 0.130 e. The van der Waals surface area contributed by atoms with Gasteiger partial charge >= 0.3 is 0 Å². The summed E-state index contributed by atoms with van der Waals surface area (Å²) in [4.78, 5) is 0. The highest BCUT2D eigenvalue weighted by Gasteiger charge is 2.20. The van der Waals surface area contributed by atoms with Crippen LogP contribution in [0.25, 0.3) is 0 Å². The van der Waals surface area contributed by atoms with Crippen LogP contribution in [-0.4, -0.2) is 6.54 Å². The van der Waals surface area contributed by atoms with Gasteiger partial charge in [0, 0.05) is 16.6 Å². The Hall–Kier alpha value is -1.52. The molecular weight excluding hydrogens is 299 g/mol. The minimum atomic E-state index is -0.631. The summed E-state index contributed by atoms with van der Waals surface area (Å²) in [6, 6.07) is 7.07. The molecule has 1 nitrogen and oxygen atoms in total. The first-order valence-corrected chi connectivity index (χ1v) is 7.02. The standard InChI is InChI=1S/C16H15ClF3N/c1-2-21-15(16-13(19)4-3-5-14(16)20)9-10-8-11(18)6-7-12(10)17/h3-8,15,21H,2,9H2,1H3. The first kappa shape index (κ1) is 15.9. The van der Waals surface area contributed by atoms with Crippen molar-refractivity contribution in [3.8, 4) is 0 Å². The van der Waals surface area contributed by atoms with Crippen LogP contribution in [0.5, 0.6) is 0 Å². The molecule has 1 N–H and O–H groups in total. The predicted molar refractivity (Wildman–Crippen MR) is 77.9 cm³/mol. The molecule has 0 radical (unpaired) electrons. The summed E-state index contributed by atoms with van der Waals surface area (Å²) in [5.74, 6) is -1.69. The number of benzene rings is 2. The van der Waals surface area contributed by atoms with Crippen LogP contribution >= 0.6 is 11.6 Å². The Morgan fingerprint density at radius 1 is 1.10 bits per heavy atom. The minimum absolute atomic E-state index is 0.0559. The van der Waals surface area contributed by atoms with E-state index in [4.69, 9.17) is 11.6 Å². The summed E-state index contributed by atoms with van der Waals surface area (Å²) in [7, 11) is 0. The molecule has 21 heavy (non-hydrogen) atoms. The normalized spacial score (nSPS) is 12.4. The second-order valence-corrected chi connectivity index (χ2v) is 5.09. The highest BCUT2D eigenvalue weighted by atomic mass is 35.5. The van der Waals surface area contributed by atoms with Crippen molar-refractivity contribution in [1.29, 1.82) is 0 Å². The largest absolute Gasteiger partial charge is 0.310 e. The molecule has 1 atom stereocenters. The molecule has 0 aliphatic carbocycles. The van der Waals surface area contributed by atoms with Gasteiger partial charge in [-0.2, -0.15) is 0 Å². The highest BCUT2D eigenvalue weighted by molar-refractivity contribution is 6.31. The second-order valence-electron chi connectivity index (χ2n) is 4.69. The molecule has 2 rings (SSSR count). The van der Waals surface area contributed by atoms with Crippen molar-refractivity contribution in [3.63, 3.8) is 0 Å². The zero-order valence-corrected chi connectivity index (χ0v) is 12.2. The monoisotopic (exact) mass is 313 g/mol. The zero-order chi connectivity index (χ0) is 15.4. The first-order chi connectivity index (χ1) is 10.0. The maximum absolute atomic E-state index is 13.9. The molecule has 0 aliphatic rings. The lowest BCUT2D eigenvalue weighted by molar-refractivity contribution is 0.472. The van der Waals surface area contributed by atoms with E-state index in [0.29, 0.717) is 17.1 Å². The Balaban J connectivity index is 2.38. The van der Waals surface area contributed by atoms with Crippen molar-refractivity contribution in [2.45, 2.75) is 19.4 Å². The van der Waals surface area contributed by atoms with Gasteiger partial charge in [0.25, 0.3) is 0 Å². The third-order valence-corrected chi connectivity index (χ3v) is 3.60. The quantitative estimate of drug-likeness (QED) is 0.847. The van der Waals surface area contributed by atoms with Crippen LogP contribution in [0.15, 0.2) is 36.4 Å². The average molecular weight is 314 g/mol. The molecule has 1 unspecified atom stereocenters. The summed E-state index contributed by atoms with van der Waals surface area (Å²) in [6.07, 6.45) is 0.197. The van der Waals surface area contributed by atoms with Crippen LogP contribution < -0.4 is 5.32 Å². The Morgan fingerprint density at radius 3 is 2.38 bits per heavy atom. The van der Waals surface area contributed by atoms with Crippen LogP contribution in [0.4, 0.5) is 13.2 Å². The molecule has 112 valence electrons. The zero-order valence-electron chi connectivity index (χ0n) is 11.5. The number of likely N-dealkylation sites (N-methyl/N-ethyl adjacent to an activating group) is 1. The Kier molecular flexibility index (Phi) is 5.26. The molecule has 5 heteroatoms. The van der Waals surface area contributed by atoms with Crippen molar-refractivity contribution < 1.29 is 13.2 Å². The lowest BCUT2D eigenvalue weighted by Crippen LogP contribution is -2.25. The lowest BCUT2D eigenvalue weighted by Gasteiger charge is -2.20. The fourth-order valence-corrected chi connectivity index (χ4v) is 2.48. The van der Waals surface area contributed by atoms with E-state index in [1.165, 1.54) is 36.4 Å². The van der Waals surface area contributed by atoms with Gasteiger partial charge in [-0.1, -0.05) is 24.6 Å². The molecule has 0 amide bonds. The van der Waals surface area contributed by atoms with E-state index in [1.807, 2.05) is 6.92 Å². The van der Waals surface area contributed by atoms with E-state index < -0.39 is 23.5 Å². The van der Waals surface area contributed by atoms with Crippen LogP contribution in [0.3, 0.4) is 0 Å². The molecule has 2 aromatic rings. The Bertz CT molecular complexity index is 611. The van der Waals surface area contributed by atoms with Gasteiger partial charge in [0.05, 0.1) is 0 Å². The second kappa shape index (κ2) is 6.96. The van der Waals surface area contributed by atoms with Crippen molar-refractivity contribution in [2.24, 2.45) is 0 Å². The van der Waals surface area contributed by atoms with Gasteiger partial charge in [0.2, 0.25) is 0 Å². The van der Waals surface area contributed by atoms with Gasteiger partial charge in [0.1, 0.15) is 17.5 Å². The number of nitrogens with one attached hydrogen (secondary N) is 1. The number of hydrogen-bond acceptors (Lipinski definition) is 1. The molecule has 2 aromatic carbocycles. The van der Waals surface area contributed by atoms with Gasteiger partial charge in [0.15, 0.2) is 0 Å². The smallest absolute Gasteiger partial charge is 0.130 e. The summed E-state index contributed by atoms with van der Waals surface area (Å²) >= 11 is 6.03. The molecule has 0 aromatic heterocycles. The van der Waals surface area contributed by atoms with Crippen LogP contribution in [-0.2, 0) is 6.42 Å². The fourth-order valence-electron chi connectivity index (χ4n) is 2.29. The van der Waals surface area contributed by atoms with Gasteiger partial charge in [-0.15, -0.1) is 0 Å². The molecule has 0 saturated carbocycles. The van der Waals surface area contributed by atoms with E-state index in [9.17, 15) is 13.2 Å². The van der Waals surface area contributed by atoms with Gasteiger partial charge in [-0.3, -0.25) is 0 Å². The third-order valence-electron chi connectivity index (χ3n) is 3.23. The molecule has 0 bridgehead atoms. The van der Waals surface area contributed by atoms with Gasteiger partial charge < -0.3 is 5.32 Å². The predicted octanol–water partition coefficient (Wildman–Crippen LogP) is 4.65.